The molecule has 2 unspecified atom stereocenters. The zero-order valence-corrected chi connectivity index (χ0v) is 10.1. The summed E-state index contributed by atoms with van der Waals surface area (Å²) in [5, 5.41) is 0. The summed E-state index contributed by atoms with van der Waals surface area (Å²) in [4.78, 5) is 22.5. The lowest BCUT2D eigenvalue weighted by molar-refractivity contribution is -0.160. The number of rotatable bonds is 2. The van der Waals surface area contributed by atoms with Crippen molar-refractivity contribution in [2.45, 2.75) is 37.9 Å². The van der Waals surface area contributed by atoms with E-state index in [-0.39, 0.29) is 17.9 Å². The molecule has 0 N–H and O–H groups in total. The van der Waals surface area contributed by atoms with Crippen molar-refractivity contribution in [3.63, 3.8) is 0 Å². The third kappa shape index (κ3) is 2.05. The summed E-state index contributed by atoms with van der Waals surface area (Å²) in [6.07, 6.45) is 6.92. The minimum Gasteiger partial charge on any atom is -0.459 e. The topological polar surface area (TPSA) is 52.6 Å². The highest BCUT2D eigenvalue weighted by molar-refractivity contribution is 6.01. The van der Waals surface area contributed by atoms with Gasteiger partial charge in [-0.05, 0) is 43.1 Å². The minimum atomic E-state index is -0.738. The lowest BCUT2D eigenvalue weighted by atomic mass is 9.74. The molecule has 4 heteroatoms. The average molecular weight is 236 g/mol. The zero-order chi connectivity index (χ0) is 12.5. The van der Waals surface area contributed by atoms with E-state index in [4.69, 9.17) is 9.47 Å². The second-order valence-corrected chi connectivity index (χ2v) is 4.39. The van der Waals surface area contributed by atoms with Crippen molar-refractivity contribution in [2.75, 3.05) is 7.11 Å². The second-order valence-electron chi connectivity index (χ2n) is 4.39. The zero-order valence-electron chi connectivity index (χ0n) is 10.1. The van der Waals surface area contributed by atoms with Gasteiger partial charge in [0.2, 0.25) is 0 Å². The van der Waals surface area contributed by atoms with Crippen molar-refractivity contribution in [3.05, 3.63) is 23.8 Å². The Labute approximate surface area is 100 Å². The van der Waals surface area contributed by atoms with Crippen molar-refractivity contribution in [3.8, 4) is 0 Å². The smallest absolute Gasteiger partial charge is 0.303 e. The molecule has 0 bridgehead atoms. The van der Waals surface area contributed by atoms with Gasteiger partial charge in [-0.3, -0.25) is 9.59 Å². The third-order valence-corrected chi connectivity index (χ3v) is 3.35. The fraction of sp³-hybridized carbons (Fsp3) is 0.538. The number of hydrogen-bond acceptors (Lipinski definition) is 4. The van der Waals surface area contributed by atoms with Gasteiger partial charge in [-0.1, -0.05) is 0 Å². The van der Waals surface area contributed by atoms with E-state index in [0.29, 0.717) is 0 Å². The fourth-order valence-corrected chi connectivity index (χ4v) is 2.60. The molecule has 2 aliphatic carbocycles. The quantitative estimate of drug-likeness (QED) is 0.683. The van der Waals surface area contributed by atoms with Gasteiger partial charge in [-0.25, -0.2) is 0 Å². The highest BCUT2D eigenvalue weighted by Gasteiger charge is 2.46. The van der Waals surface area contributed by atoms with E-state index >= 15 is 0 Å². The number of carbonyl (C=O) groups excluding carboxylic acids is 2. The van der Waals surface area contributed by atoms with Crippen molar-refractivity contribution >= 4 is 11.8 Å². The Bertz CT molecular complexity index is 408. The van der Waals surface area contributed by atoms with Gasteiger partial charge < -0.3 is 9.47 Å². The van der Waals surface area contributed by atoms with Crippen LogP contribution in [-0.2, 0) is 19.1 Å². The predicted molar refractivity (Wildman–Crippen MR) is 61.4 cm³/mol. The number of carbonyl (C=O) groups is 2. The maximum absolute atomic E-state index is 11.4. The second kappa shape index (κ2) is 4.45. The predicted octanol–water partition coefficient (Wildman–Crippen LogP) is 1.55. The molecule has 17 heavy (non-hydrogen) atoms. The summed E-state index contributed by atoms with van der Waals surface area (Å²) in [5.74, 6) is -0.353. The fourth-order valence-electron chi connectivity index (χ4n) is 2.60. The van der Waals surface area contributed by atoms with Gasteiger partial charge in [0.05, 0.1) is 0 Å². The summed E-state index contributed by atoms with van der Waals surface area (Å²) in [5.41, 5.74) is 0.169. The van der Waals surface area contributed by atoms with E-state index in [9.17, 15) is 9.59 Å². The molecule has 0 radical (unpaired) electrons. The third-order valence-electron chi connectivity index (χ3n) is 3.35. The molecule has 0 saturated heterocycles. The summed E-state index contributed by atoms with van der Waals surface area (Å²) < 4.78 is 10.9. The van der Waals surface area contributed by atoms with Crippen molar-refractivity contribution in [1.29, 1.82) is 0 Å². The normalized spacial score (nSPS) is 31.8. The molecule has 0 aromatic carbocycles. The maximum atomic E-state index is 11.4. The van der Waals surface area contributed by atoms with Crippen LogP contribution in [0, 0.1) is 0 Å². The number of fused-ring (bicyclic) bond motifs is 1. The Hall–Kier alpha value is -1.42. The van der Waals surface area contributed by atoms with Crippen LogP contribution in [0.5, 0.6) is 0 Å². The minimum absolute atomic E-state index is 0.0313. The van der Waals surface area contributed by atoms with Crippen molar-refractivity contribution in [2.24, 2.45) is 0 Å². The van der Waals surface area contributed by atoms with Crippen LogP contribution in [0.25, 0.3) is 0 Å². The lowest BCUT2D eigenvalue weighted by Crippen LogP contribution is -2.50. The Morgan fingerprint density at radius 1 is 1.53 bits per heavy atom. The Morgan fingerprint density at radius 2 is 2.29 bits per heavy atom. The molecule has 92 valence electrons. The molecule has 2 atom stereocenters. The molecule has 1 saturated carbocycles. The van der Waals surface area contributed by atoms with Crippen LogP contribution in [0.3, 0.4) is 0 Å². The lowest BCUT2D eigenvalue weighted by Gasteiger charge is -2.43. The van der Waals surface area contributed by atoms with Crippen LogP contribution >= 0.6 is 0 Å². The van der Waals surface area contributed by atoms with Gasteiger partial charge in [-0.15, -0.1) is 0 Å². The van der Waals surface area contributed by atoms with E-state index in [1.165, 1.54) is 13.0 Å². The number of ketones is 1. The summed E-state index contributed by atoms with van der Waals surface area (Å²) in [7, 11) is 1.58. The molecule has 0 amide bonds. The molecule has 2 aliphatic rings. The summed E-state index contributed by atoms with van der Waals surface area (Å²) >= 11 is 0. The number of hydrogen-bond donors (Lipinski definition) is 0. The molecule has 0 aliphatic heterocycles. The van der Waals surface area contributed by atoms with E-state index in [1.807, 2.05) is 0 Å². The highest BCUT2D eigenvalue weighted by Crippen LogP contribution is 2.40. The number of ether oxygens (including phenoxy) is 2. The van der Waals surface area contributed by atoms with Crippen LogP contribution in [0.1, 0.15) is 26.2 Å². The first kappa shape index (κ1) is 12.0. The number of allylic oxidation sites excluding steroid dienone is 2. The van der Waals surface area contributed by atoms with E-state index in [1.54, 1.807) is 19.3 Å². The van der Waals surface area contributed by atoms with E-state index in [2.05, 4.69) is 0 Å². The molecule has 0 spiro atoms. The maximum Gasteiger partial charge on any atom is 0.303 e. The van der Waals surface area contributed by atoms with Gasteiger partial charge >= 0.3 is 5.97 Å². The summed E-state index contributed by atoms with van der Waals surface area (Å²) in [6.45, 7) is 1.39. The van der Waals surface area contributed by atoms with Crippen LogP contribution in [0.15, 0.2) is 23.8 Å². The van der Waals surface area contributed by atoms with Gasteiger partial charge in [0.1, 0.15) is 11.7 Å². The molecule has 4 nitrogen and oxygen atoms in total. The van der Waals surface area contributed by atoms with Crippen molar-refractivity contribution in [1.82, 2.24) is 0 Å². The SMILES string of the molecule is COC12C=CC(=O)C=C1CCCC2OC(C)=O. The van der Waals surface area contributed by atoms with Gasteiger partial charge in [0, 0.05) is 14.0 Å². The largest absolute Gasteiger partial charge is 0.459 e. The van der Waals surface area contributed by atoms with Gasteiger partial charge in [0.25, 0.3) is 0 Å². The Morgan fingerprint density at radius 3 is 2.94 bits per heavy atom. The number of esters is 1. The van der Waals surface area contributed by atoms with E-state index < -0.39 is 5.60 Å². The standard InChI is InChI=1S/C13H16O4/c1-9(14)17-12-5-3-4-10-8-11(15)6-7-13(10,12)16-2/h6-8,12H,3-5H2,1-2H3. The first-order valence-corrected chi connectivity index (χ1v) is 5.75. The Balaban J connectivity index is 2.35. The van der Waals surface area contributed by atoms with Crippen molar-refractivity contribution < 1.29 is 19.1 Å². The van der Waals surface area contributed by atoms with Gasteiger partial charge in [-0.2, -0.15) is 0 Å². The first-order valence-electron chi connectivity index (χ1n) is 5.75. The van der Waals surface area contributed by atoms with Crippen LogP contribution in [-0.4, -0.2) is 30.6 Å². The summed E-state index contributed by atoms with van der Waals surface area (Å²) in [6, 6.07) is 0. The molecular weight excluding hydrogens is 220 g/mol. The average Bonchev–Trinajstić information content (AvgIpc) is 2.28. The molecule has 1 fully saturated rings. The first-order chi connectivity index (χ1) is 8.08. The van der Waals surface area contributed by atoms with Gasteiger partial charge in [0.15, 0.2) is 5.78 Å². The van der Waals surface area contributed by atoms with Crippen LogP contribution in [0.4, 0.5) is 0 Å². The van der Waals surface area contributed by atoms with Crippen LogP contribution < -0.4 is 0 Å². The molecule has 0 aromatic heterocycles. The van der Waals surface area contributed by atoms with E-state index in [0.717, 1.165) is 24.8 Å². The van der Waals surface area contributed by atoms with Crippen LogP contribution in [0.2, 0.25) is 0 Å². The highest BCUT2D eigenvalue weighted by atomic mass is 16.6. The molecule has 0 heterocycles. The monoisotopic (exact) mass is 236 g/mol. The molecule has 0 aromatic rings. The number of methoxy groups -OCH3 is 1. The molecular formula is C13H16O4. The molecule has 2 rings (SSSR count). The Kier molecular flexibility index (Phi) is 3.15.